The van der Waals surface area contributed by atoms with Crippen LogP contribution in [-0.4, -0.2) is 0 Å². The van der Waals surface area contributed by atoms with Crippen LogP contribution in [0.15, 0.2) is 0 Å². The fourth-order valence-corrected chi connectivity index (χ4v) is 0.289. The van der Waals surface area contributed by atoms with E-state index in [2.05, 4.69) is 20.3 Å². The van der Waals surface area contributed by atoms with Gasteiger partial charge in [0.15, 0.2) is 0 Å². The van der Waals surface area contributed by atoms with Crippen LogP contribution in [0, 0.1) is 6.42 Å². The van der Waals surface area contributed by atoms with Crippen molar-refractivity contribution in [3.63, 3.8) is 0 Å². The minimum Gasteiger partial charge on any atom is -0.332 e. The van der Waals surface area contributed by atoms with E-state index in [1.165, 1.54) is 12.8 Å². The Morgan fingerprint density at radius 2 is 2.00 bits per heavy atom. The molecule has 0 amide bonds. The summed E-state index contributed by atoms with van der Waals surface area (Å²) in [6.45, 7) is 4.27. The Bertz CT molecular complexity index is 11.4. The summed E-state index contributed by atoms with van der Waals surface area (Å²) in [7, 11) is 0. The van der Waals surface area contributed by atoms with Crippen LogP contribution < -0.4 is 0 Å². The quantitative estimate of drug-likeness (QED) is 0.662. The molecule has 0 nitrogen and oxygen atoms in total. The van der Waals surface area contributed by atoms with Crippen molar-refractivity contribution in [3.05, 3.63) is 6.42 Å². The molecule has 0 saturated heterocycles. The summed E-state index contributed by atoms with van der Waals surface area (Å²) in [5.74, 6) is 0. The van der Waals surface area contributed by atoms with Gasteiger partial charge in [0.2, 0.25) is 0 Å². The van der Waals surface area contributed by atoms with E-state index in [-0.39, 0.29) is 21.1 Å². The van der Waals surface area contributed by atoms with Gasteiger partial charge in [-0.05, 0) is 0 Å². The molecule has 0 radical (unpaired) electrons. The summed E-state index contributed by atoms with van der Waals surface area (Å²) >= 11 is 0. The third-order valence-corrected chi connectivity index (χ3v) is 0.577. The maximum Gasteiger partial charge on any atom is 0 e. The zero-order valence-electron chi connectivity index (χ0n) is 4.40. The van der Waals surface area contributed by atoms with Gasteiger partial charge in [-0.1, -0.05) is 13.3 Å². The Balaban J connectivity index is 0. The van der Waals surface area contributed by atoms with E-state index in [4.69, 9.17) is 0 Å². The van der Waals surface area contributed by atoms with Gasteiger partial charge in [0.05, 0.1) is 0 Å². The van der Waals surface area contributed by atoms with Crippen molar-refractivity contribution in [3.8, 4) is 0 Å². The summed E-state index contributed by atoms with van der Waals surface area (Å²) in [5.41, 5.74) is 0. The van der Waals surface area contributed by atoms with E-state index in [9.17, 15) is 0 Å². The van der Waals surface area contributed by atoms with Crippen molar-refractivity contribution in [2.75, 3.05) is 0 Å². The molecule has 0 aromatic rings. The average Bonchev–Trinajstić information content (AvgIpc) is 1.41. The molecular weight excluding hydrogens is 244 g/mol. The Morgan fingerprint density at radius 3 is 2.00 bits per heavy atom. The van der Waals surface area contributed by atoms with Gasteiger partial charge in [0.1, 0.15) is 0 Å². The van der Waals surface area contributed by atoms with E-state index in [0.717, 1.165) is 0 Å². The zero-order chi connectivity index (χ0) is 4.12. The minimum absolute atomic E-state index is 0. The van der Waals surface area contributed by atoms with Crippen LogP contribution in [0.3, 0.4) is 0 Å². The first-order valence-electron chi connectivity index (χ1n) is 2.19. The molecule has 0 aromatic heterocycles. The van der Waals surface area contributed by atoms with Crippen LogP contribution in [0.2, 0.25) is 0 Å². The summed E-state index contributed by atoms with van der Waals surface area (Å²) in [4.78, 5) is 0. The summed E-state index contributed by atoms with van der Waals surface area (Å²) in [6.07, 6.45) is 4.73. The normalized spacial score (nSPS) is 7.00. The van der Waals surface area contributed by atoms with Gasteiger partial charge in [-0.15, -0.1) is 0 Å². The van der Waals surface area contributed by atoms with E-state index in [1.807, 2.05) is 0 Å². The fourth-order valence-electron chi connectivity index (χ4n) is 0.289. The number of hydrogen-bond donors (Lipinski definition) is 0. The van der Waals surface area contributed by atoms with Gasteiger partial charge < -0.3 is 6.42 Å². The molecule has 0 spiro atoms. The van der Waals surface area contributed by atoms with E-state index in [1.54, 1.807) is 0 Å². The molecule has 0 unspecified atom stereocenters. The Labute approximate surface area is 54.6 Å². The zero-order valence-corrected chi connectivity index (χ0v) is 7.33. The molecule has 0 fully saturated rings. The topological polar surface area (TPSA) is 0 Å². The second kappa shape index (κ2) is 9.19. The van der Waals surface area contributed by atoms with Crippen molar-refractivity contribution in [2.24, 2.45) is 0 Å². The smallest absolute Gasteiger partial charge is 0 e. The second-order valence-electron chi connectivity index (χ2n) is 1.20. The van der Waals surface area contributed by atoms with Crippen LogP contribution in [-0.2, 0) is 21.1 Å². The molecule has 0 aromatic carbocycles. The third-order valence-electron chi connectivity index (χ3n) is 0.577. The fraction of sp³-hybridized carbons (Fsp3) is 0.800. The summed E-state index contributed by atoms with van der Waals surface area (Å²) in [5, 5.41) is 0. The first kappa shape index (κ1) is 9.85. The molecule has 0 aliphatic carbocycles. The van der Waals surface area contributed by atoms with Crippen LogP contribution in [0.5, 0.6) is 0 Å². The van der Waals surface area contributed by atoms with Gasteiger partial charge in [-0.25, -0.2) is 0 Å². The summed E-state index contributed by atoms with van der Waals surface area (Å²) in [6, 6.07) is 0. The maximum absolute atomic E-state index is 2.18. The van der Waals surface area contributed by atoms with Crippen molar-refractivity contribution < 1.29 is 21.1 Å². The van der Waals surface area contributed by atoms with Gasteiger partial charge in [-0.2, -0.15) is 13.3 Å². The molecule has 38 valence electrons. The van der Waals surface area contributed by atoms with E-state index >= 15 is 0 Å². The minimum atomic E-state index is 0. The average molecular weight is 255 g/mol. The van der Waals surface area contributed by atoms with Gasteiger partial charge in [-0.3, -0.25) is 0 Å². The van der Waals surface area contributed by atoms with Gasteiger partial charge >= 0.3 is 0 Å². The molecule has 0 aliphatic rings. The summed E-state index contributed by atoms with van der Waals surface area (Å²) < 4.78 is 0. The maximum atomic E-state index is 2.18. The molecule has 0 rings (SSSR count). The Hall–Kier alpha value is 0.688. The largest absolute Gasteiger partial charge is 0.332 e. The number of rotatable bonds is 2. The molecule has 0 bridgehead atoms. The molecule has 0 aliphatic heterocycles. The van der Waals surface area contributed by atoms with Crippen LogP contribution in [0.1, 0.15) is 26.7 Å². The van der Waals surface area contributed by atoms with Crippen LogP contribution >= 0.6 is 0 Å². The van der Waals surface area contributed by atoms with Gasteiger partial charge in [0, 0.05) is 21.1 Å². The third kappa shape index (κ3) is 8.82. The van der Waals surface area contributed by atoms with Crippen molar-refractivity contribution in [2.45, 2.75) is 26.7 Å². The SMILES string of the molecule is C[CH-]CCC.[W]. The number of unbranched alkanes of at least 4 members (excludes halogenated alkanes) is 2. The Kier molecular flexibility index (Phi) is 15.1. The Morgan fingerprint density at radius 1 is 1.50 bits per heavy atom. The monoisotopic (exact) mass is 255 g/mol. The standard InChI is InChI=1S/C5H11.W/c1-3-5-4-2;/h3H,4-5H2,1-2H3;/q-1;. The second-order valence-corrected chi connectivity index (χ2v) is 1.20. The van der Waals surface area contributed by atoms with Crippen molar-refractivity contribution in [1.29, 1.82) is 0 Å². The molecule has 0 N–H and O–H groups in total. The van der Waals surface area contributed by atoms with Crippen molar-refractivity contribution >= 4 is 0 Å². The van der Waals surface area contributed by atoms with Gasteiger partial charge in [0.25, 0.3) is 0 Å². The molecular formula is C5H11W-. The number of hydrogen-bond acceptors (Lipinski definition) is 0. The predicted molar refractivity (Wildman–Crippen MR) is 24.9 cm³/mol. The van der Waals surface area contributed by atoms with E-state index < -0.39 is 0 Å². The van der Waals surface area contributed by atoms with Crippen LogP contribution in [0.25, 0.3) is 0 Å². The predicted octanol–water partition coefficient (Wildman–Crippen LogP) is 2.01. The first-order chi connectivity index (χ1) is 2.41. The molecule has 1 heteroatoms. The molecule has 6 heavy (non-hydrogen) atoms. The van der Waals surface area contributed by atoms with Crippen molar-refractivity contribution in [1.82, 2.24) is 0 Å². The molecule has 0 saturated carbocycles. The molecule has 0 atom stereocenters. The van der Waals surface area contributed by atoms with Crippen LogP contribution in [0.4, 0.5) is 0 Å². The molecule has 0 heterocycles. The first-order valence-corrected chi connectivity index (χ1v) is 2.19. The van der Waals surface area contributed by atoms with E-state index in [0.29, 0.717) is 0 Å².